The largest absolute Gasteiger partial charge is 0.481 e. The van der Waals surface area contributed by atoms with Crippen LogP contribution in [0.3, 0.4) is 0 Å². The lowest BCUT2D eigenvalue weighted by atomic mass is 10.1. The van der Waals surface area contributed by atoms with Gasteiger partial charge in [0.1, 0.15) is 11.6 Å². The molecule has 0 saturated carbocycles. The highest BCUT2D eigenvalue weighted by Crippen LogP contribution is 2.25. The topological polar surface area (TPSA) is 107 Å². The van der Waals surface area contributed by atoms with Crippen LogP contribution in [-0.2, 0) is 4.79 Å². The highest BCUT2D eigenvalue weighted by molar-refractivity contribution is 5.68. The second kappa shape index (κ2) is 6.52. The van der Waals surface area contributed by atoms with Gasteiger partial charge in [0, 0.05) is 24.3 Å². The summed E-state index contributed by atoms with van der Waals surface area (Å²) in [5.41, 5.74) is 0.315. The van der Waals surface area contributed by atoms with Crippen LogP contribution in [0.15, 0.2) is 18.2 Å². The molecule has 0 fully saturated rings. The summed E-state index contributed by atoms with van der Waals surface area (Å²) < 4.78 is 0. The number of nitro groups is 1. The standard InChI is InChI=1S/C13H15N3O4/c1-9(2)15(6-5-13(17)18)11-3-4-12(16(19)20)10(7-11)8-14/h3-4,7,9H,5-6H2,1-2H3,(H,17,18). The summed E-state index contributed by atoms with van der Waals surface area (Å²) in [6.07, 6.45) is -0.0446. The Balaban J connectivity index is 3.12. The monoisotopic (exact) mass is 277 g/mol. The molecule has 0 aliphatic heterocycles. The van der Waals surface area contributed by atoms with Crippen molar-refractivity contribution >= 4 is 17.3 Å². The van der Waals surface area contributed by atoms with Crippen molar-refractivity contribution in [3.05, 3.63) is 33.9 Å². The van der Waals surface area contributed by atoms with Crippen LogP contribution < -0.4 is 4.90 Å². The molecule has 0 aromatic heterocycles. The van der Waals surface area contributed by atoms with Crippen LogP contribution in [0.4, 0.5) is 11.4 Å². The fourth-order valence-corrected chi connectivity index (χ4v) is 1.85. The third kappa shape index (κ3) is 3.68. The van der Waals surface area contributed by atoms with Gasteiger partial charge in [-0.2, -0.15) is 5.26 Å². The van der Waals surface area contributed by atoms with E-state index in [4.69, 9.17) is 10.4 Å². The quantitative estimate of drug-likeness (QED) is 0.630. The van der Waals surface area contributed by atoms with Crippen molar-refractivity contribution in [3.8, 4) is 6.07 Å². The summed E-state index contributed by atoms with van der Waals surface area (Å²) in [7, 11) is 0. The van der Waals surface area contributed by atoms with Crippen molar-refractivity contribution in [2.45, 2.75) is 26.3 Å². The summed E-state index contributed by atoms with van der Waals surface area (Å²) in [6.45, 7) is 4.04. The van der Waals surface area contributed by atoms with Gasteiger partial charge in [-0.05, 0) is 26.0 Å². The van der Waals surface area contributed by atoms with E-state index in [2.05, 4.69) is 0 Å². The van der Waals surface area contributed by atoms with Gasteiger partial charge in [0.15, 0.2) is 0 Å². The maximum Gasteiger partial charge on any atom is 0.305 e. The number of rotatable bonds is 6. The minimum Gasteiger partial charge on any atom is -0.481 e. The average molecular weight is 277 g/mol. The lowest BCUT2D eigenvalue weighted by Crippen LogP contribution is -2.32. The summed E-state index contributed by atoms with van der Waals surface area (Å²) in [5.74, 6) is -0.918. The minimum absolute atomic E-state index is 0.0161. The minimum atomic E-state index is -0.918. The molecule has 0 amide bonds. The van der Waals surface area contributed by atoms with E-state index in [0.29, 0.717) is 5.69 Å². The van der Waals surface area contributed by atoms with Gasteiger partial charge < -0.3 is 10.0 Å². The van der Waals surface area contributed by atoms with Gasteiger partial charge in [0.2, 0.25) is 0 Å². The third-order valence-corrected chi connectivity index (χ3v) is 2.82. The van der Waals surface area contributed by atoms with E-state index in [1.165, 1.54) is 18.2 Å². The van der Waals surface area contributed by atoms with Crippen LogP contribution in [0.2, 0.25) is 0 Å². The number of nitro benzene ring substituents is 1. The molecule has 1 rings (SSSR count). The number of nitrogens with zero attached hydrogens (tertiary/aromatic N) is 3. The van der Waals surface area contributed by atoms with Crippen molar-refractivity contribution in [1.82, 2.24) is 0 Å². The van der Waals surface area contributed by atoms with E-state index in [0.717, 1.165) is 0 Å². The number of hydrogen-bond donors (Lipinski definition) is 1. The Morgan fingerprint density at radius 2 is 2.20 bits per heavy atom. The summed E-state index contributed by atoms with van der Waals surface area (Å²) in [5, 5.41) is 28.5. The highest BCUT2D eigenvalue weighted by Gasteiger charge is 2.18. The predicted molar refractivity (Wildman–Crippen MR) is 72.5 cm³/mol. The van der Waals surface area contributed by atoms with E-state index < -0.39 is 10.9 Å². The first kappa shape index (κ1) is 15.4. The second-order valence-electron chi connectivity index (χ2n) is 4.50. The number of nitriles is 1. The molecule has 1 aromatic carbocycles. The summed E-state index contributed by atoms with van der Waals surface area (Å²) in [6, 6.07) is 6.02. The number of aliphatic carboxylic acids is 1. The molecular weight excluding hydrogens is 262 g/mol. The number of hydrogen-bond acceptors (Lipinski definition) is 5. The van der Waals surface area contributed by atoms with E-state index in [9.17, 15) is 14.9 Å². The molecule has 0 unspecified atom stereocenters. The SMILES string of the molecule is CC(C)N(CCC(=O)O)c1ccc([N+](=O)[O-])c(C#N)c1. The molecule has 0 bridgehead atoms. The number of benzene rings is 1. The predicted octanol–water partition coefficient (Wildman–Crippen LogP) is 2.16. The Bertz CT molecular complexity index is 563. The molecule has 0 radical (unpaired) electrons. The van der Waals surface area contributed by atoms with E-state index >= 15 is 0 Å². The van der Waals surface area contributed by atoms with Crippen molar-refractivity contribution in [3.63, 3.8) is 0 Å². The van der Waals surface area contributed by atoms with Crippen molar-refractivity contribution in [2.24, 2.45) is 0 Å². The molecule has 0 saturated heterocycles. The summed E-state index contributed by atoms with van der Waals surface area (Å²) >= 11 is 0. The summed E-state index contributed by atoms with van der Waals surface area (Å²) in [4.78, 5) is 22.6. The number of carbonyl (C=O) groups is 1. The van der Waals surface area contributed by atoms with Gasteiger partial charge >= 0.3 is 5.97 Å². The van der Waals surface area contributed by atoms with Gasteiger partial charge in [-0.3, -0.25) is 14.9 Å². The molecule has 0 aliphatic rings. The lowest BCUT2D eigenvalue weighted by Gasteiger charge is -2.28. The number of anilines is 1. The first-order valence-corrected chi connectivity index (χ1v) is 6.03. The molecule has 1 N–H and O–H groups in total. The zero-order chi connectivity index (χ0) is 15.3. The molecule has 106 valence electrons. The van der Waals surface area contributed by atoms with Crippen molar-refractivity contribution in [1.29, 1.82) is 5.26 Å². The molecule has 1 aromatic rings. The first-order chi connectivity index (χ1) is 9.36. The Morgan fingerprint density at radius 1 is 1.55 bits per heavy atom. The normalized spacial score (nSPS) is 10.1. The van der Waals surface area contributed by atoms with Crippen LogP contribution in [-0.4, -0.2) is 28.6 Å². The van der Waals surface area contributed by atoms with Crippen LogP contribution in [0.5, 0.6) is 0 Å². The zero-order valence-corrected chi connectivity index (χ0v) is 11.2. The number of carboxylic acid groups (broad SMARTS) is 1. The Kier molecular flexibility index (Phi) is 5.03. The van der Waals surface area contributed by atoms with Crippen LogP contribution in [0.1, 0.15) is 25.8 Å². The highest BCUT2D eigenvalue weighted by atomic mass is 16.6. The molecule has 0 heterocycles. The maximum absolute atomic E-state index is 10.8. The number of carboxylic acids is 1. The molecule has 0 atom stereocenters. The van der Waals surface area contributed by atoms with Crippen LogP contribution in [0.25, 0.3) is 0 Å². The van der Waals surface area contributed by atoms with Crippen molar-refractivity contribution in [2.75, 3.05) is 11.4 Å². The smallest absolute Gasteiger partial charge is 0.305 e. The van der Waals surface area contributed by atoms with E-state index in [1.807, 2.05) is 13.8 Å². The first-order valence-electron chi connectivity index (χ1n) is 6.03. The lowest BCUT2D eigenvalue weighted by molar-refractivity contribution is -0.385. The van der Waals surface area contributed by atoms with Crippen molar-refractivity contribution < 1.29 is 14.8 Å². The molecule has 0 aliphatic carbocycles. The fourth-order valence-electron chi connectivity index (χ4n) is 1.85. The molecule has 0 spiro atoms. The van der Waals surface area contributed by atoms with Gasteiger partial charge in [0.25, 0.3) is 5.69 Å². The Hall–Kier alpha value is -2.62. The fraction of sp³-hybridized carbons (Fsp3) is 0.385. The van der Waals surface area contributed by atoms with E-state index in [1.54, 1.807) is 11.0 Å². The van der Waals surface area contributed by atoms with Gasteiger partial charge in [0.05, 0.1) is 11.3 Å². The van der Waals surface area contributed by atoms with Gasteiger partial charge in [-0.25, -0.2) is 0 Å². The van der Waals surface area contributed by atoms with Gasteiger partial charge in [-0.1, -0.05) is 0 Å². The van der Waals surface area contributed by atoms with E-state index in [-0.39, 0.29) is 30.3 Å². The molecular formula is C13H15N3O4. The van der Waals surface area contributed by atoms with Crippen LogP contribution in [0, 0.1) is 21.4 Å². The maximum atomic E-state index is 10.8. The van der Waals surface area contributed by atoms with Gasteiger partial charge in [-0.15, -0.1) is 0 Å². The Labute approximate surface area is 116 Å². The zero-order valence-electron chi connectivity index (χ0n) is 11.2. The average Bonchev–Trinajstić information content (AvgIpc) is 2.37. The molecule has 20 heavy (non-hydrogen) atoms. The molecule has 7 nitrogen and oxygen atoms in total. The van der Waals surface area contributed by atoms with Crippen LogP contribution >= 0.6 is 0 Å². The Morgan fingerprint density at radius 3 is 2.65 bits per heavy atom. The third-order valence-electron chi connectivity index (χ3n) is 2.82. The molecule has 7 heteroatoms. The second-order valence-corrected chi connectivity index (χ2v) is 4.50.